The monoisotopic (exact) mass is 347 g/mol. The number of carbonyl (C=O) groups excluding carboxylic acids is 2. The van der Waals surface area contributed by atoms with Gasteiger partial charge in [0, 0.05) is 38.8 Å². The van der Waals surface area contributed by atoms with Crippen LogP contribution < -0.4 is 5.32 Å². The normalized spacial score (nSPS) is 17.6. The van der Waals surface area contributed by atoms with Crippen molar-refractivity contribution >= 4 is 11.8 Å². The fraction of sp³-hybridized carbons (Fsp3) is 0.579. The van der Waals surface area contributed by atoms with Crippen LogP contribution in [0.1, 0.15) is 34.3 Å². The lowest BCUT2D eigenvalue weighted by Gasteiger charge is -2.32. The Morgan fingerprint density at radius 3 is 2.60 bits per heavy atom. The molecule has 138 valence electrons. The van der Waals surface area contributed by atoms with Crippen molar-refractivity contribution < 1.29 is 14.4 Å². The Balaban J connectivity index is 1.93. The van der Waals surface area contributed by atoms with Crippen molar-refractivity contribution in [2.75, 3.05) is 40.3 Å². The summed E-state index contributed by atoms with van der Waals surface area (Å²) in [5.41, 5.74) is 2.87. The Kier molecular flexibility index (Phi) is 6.96. The fourth-order valence-corrected chi connectivity index (χ4v) is 3.23. The second-order valence-electron chi connectivity index (χ2n) is 6.79. The van der Waals surface area contributed by atoms with Crippen LogP contribution in [0.15, 0.2) is 18.2 Å². The van der Waals surface area contributed by atoms with E-state index in [-0.39, 0.29) is 17.7 Å². The molecule has 1 aromatic carbocycles. The molecule has 0 aliphatic carbocycles. The highest BCUT2D eigenvalue weighted by Gasteiger charge is 2.28. The van der Waals surface area contributed by atoms with Crippen molar-refractivity contribution in [2.24, 2.45) is 5.92 Å². The van der Waals surface area contributed by atoms with Crippen LogP contribution in [0.25, 0.3) is 0 Å². The number of benzene rings is 1. The van der Waals surface area contributed by atoms with E-state index in [0.717, 1.165) is 24.0 Å². The lowest BCUT2D eigenvalue weighted by molar-refractivity contribution is -0.128. The minimum atomic E-state index is -0.142. The van der Waals surface area contributed by atoms with E-state index in [2.05, 4.69) is 11.4 Å². The Bertz CT molecular complexity index is 598. The predicted molar refractivity (Wildman–Crippen MR) is 97.2 cm³/mol. The molecule has 1 aromatic rings. The molecule has 2 amide bonds. The van der Waals surface area contributed by atoms with Crippen molar-refractivity contribution in [3.63, 3.8) is 0 Å². The van der Waals surface area contributed by atoms with Crippen molar-refractivity contribution in [3.8, 4) is 0 Å². The second-order valence-corrected chi connectivity index (χ2v) is 6.79. The van der Waals surface area contributed by atoms with Gasteiger partial charge in [0.15, 0.2) is 0 Å². The molecule has 1 N–H and O–H groups in total. The van der Waals surface area contributed by atoms with Gasteiger partial charge in [-0.25, -0.2) is 0 Å². The van der Waals surface area contributed by atoms with E-state index in [4.69, 9.17) is 4.84 Å². The molecule has 1 aliphatic heterocycles. The summed E-state index contributed by atoms with van der Waals surface area (Å²) in [5, 5.41) is 4.60. The van der Waals surface area contributed by atoms with Gasteiger partial charge in [-0.3, -0.25) is 9.59 Å². The van der Waals surface area contributed by atoms with Crippen LogP contribution in [0.2, 0.25) is 0 Å². The number of amides is 2. The van der Waals surface area contributed by atoms with Gasteiger partial charge in [0.05, 0.1) is 13.0 Å². The molecule has 0 spiro atoms. The third kappa shape index (κ3) is 5.54. The van der Waals surface area contributed by atoms with Gasteiger partial charge in [0.2, 0.25) is 5.91 Å². The summed E-state index contributed by atoms with van der Waals surface area (Å²) in [5.74, 6) is -0.109. The molecule has 0 radical (unpaired) electrons. The van der Waals surface area contributed by atoms with Crippen LogP contribution >= 0.6 is 0 Å². The van der Waals surface area contributed by atoms with Crippen molar-refractivity contribution in [2.45, 2.75) is 26.7 Å². The number of hydroxylamine groups is 2. The fourth-order valence-electron chi connectivity index (χ4n) is 3.23. The van der Waals surface area contributed by atoms with Gasteiger partial charge in [-0.1, -0.05) is 17.2 Å². The van der Waals surface area contributed by atoms with E-state index in [9.17, 15) is 9.59 Å². The number of aryl methyl sites for hydroxylation is 2. The average Bonchev–Trinajstić information content (AvgIpc) is 2.60. The molecular weight excluding hydrogens is 318 g/mol. The number of likely N-dealkylation sites (tertiary alicyclic amines) is 1. The Morgan fingerprint density at radius 1 is 1.28 bits per heavy atom. The largest absolute Gasteiger partial charge is 0.354 e. The SMILES string of the molecule is CON(C)CCNC(=O)C1CCCN(C(=O)c2cc(C)cc(C)c2)C1. The average molecular weight is 347 g/mol. The number of hydrogen-bond donors (Lipinski definition) is 1. The molecule has 0 saturated carbocycles. The molecule has 25 heavy (non-hydrogen) atoms. The van der Waals surface area contributed by atoms with Gasteiger partial charge in [0.25, 0.3) is 5.91 Å². The van der Waals surface area contributed by atoms with Gasteiger partial charge in [0.1, 0.15) is 0 Å². The van der Waals surface area contributed by atoms with Gasteiger partial charge >= 0.3 is 0 Å². The van der Waals surface area contributed by atoms with Crippen molar-refractivity contribution in [1.82, 2.24) is 15.3 Å². The number of rotatable bonds is 6. The zero-order valence-electron chi connectivity index (χ0n) is 15.7. The number of nitrogens with zero attached hydrogens (tertiary/aromatic N) is 2. The third-order valence-corrected chi connectivity index (χ3v) is 4.59. The first-order valence-corrected chi connectivity index (χ1v) is 8.81. The predicted octanol–water partition coefficient (Wildman–Crippen LogP) is 1.77. The maximum absolute atomic E-state index is 12.8. The van der Waals surface area contributed by atoms with Crippen LogP contribution in [0, 0.1) is 19.8 Å². The quantitative estimate of drug-likeness (QED) is 0.797. The molecule has 6 nitrogen and oxygen atoms in total. The van der Waals surface area contributed by atoms with E-state index in [1.807, 2.05) is 37.9 Å². The van der Waals surface area contributed by atoms with E-state index in [0.29, 0.717) is 31.7 Å². The van der Waals surface area contributed by atoms with E-state index in [1.54, 1.807) is 12.2 Å². The van der Waals surface area contributed by atoms with Gasteiger partial charge in [-0.2, -0.15) is 5.06 Å². The topological polar surface area (TPSA) is 61.9 Å². The maximum atomic E-state index is 12.8. The zero-order valence-corrected chi connectivity index (χ0v) is 15.7. The highest BCUT2D eigenvalue weighted by Crippen LogP contribution is 2.20. The first-order chi connectivity index (χ1) is 11.9. The summed E-state index contributed by atoms with van der Waals surface area (Å²) >= 11 is 0. The lowest BCUT2D eigenvalue weighted by atomic mass is 9.96. The highest BCUT2D eigenvalue weighted by molar-refractivity contribution is 5.95. The van der Waals surface area contributed by atoms with E-state index < -0.39 is 0 Å². The minimum absolute atomic E-state index is 0.0161. The van der Waals surface area contributed by atoms with Gasteiger partial charge < -0.3 is 15.1 Å². The first-order valence-electron chi connectivity index (χ1n) is 8.81. The molecule has 2 rings (SSSR count). The molecule has 1 saturated heterocycles. The number of likely N-dealkylation sites (N-methyl/N-ethyl adjacent to an activating group) is 1. The molecule has 0 aromatic heterocycles. The molecule has 1 heterocycles. The molecule has 0 bridgehead atoms. The highest BCUT2D eigenvalue weighted by atomic mass is 16.7. The van der Waals surface area contributed by atoms with Crippen molar-refractivity contribution in [1.29, 1.82) is 0 Å². The second kappa shape index (κ2) is 8.97. The molecule has 1 fully saturated rings. The first kappa shape index (κ1) is 19.4. The van der Waals surface area contributed by atoms with Crippen LogP contribution in [-0.4, -0.2) is 62.1 Å². The van der Waals surface area contributed by atoms with Crippen molar-refractivity contribution in [3.05, 3.63) is 34.9 Å². The number of nitrogens with one attached hydrogen (secondary N) is 1. The van der Waals surface area contributed by atoms with E-state index in [1.165, 1.54) is 0 Å². The molecular formula is C19H29N3O3. The van der Waals surface area contributed by atoms with Crippen LogP contribution in [-0.2, 0) is 9.63 Å². The van der Waals surface area contributed by atoms with Gasteiger partial charge in [-0.05, 0) is 38.8 Å². The summed E-state index contributed by atoms with van der Waals surface area (Å²) in [6.07, 6.45) is 1.68. The molecule has 1 aliphatic rings. The molecule has 1 atom stereocenters. The zero-order chi connectivity index (χ0) is 18.4. The Hall–Kier alpha value is -1.92. The summed E-state index contributed by atoms with van der Waals surface area (Å²) < 4.78 is 0. The minimum Gasteiger partial charge on any atom is -0.354 e. The smallest absolute Gasteiger partial charge is 0.253 e. The van der Waals surface area contributed by atoms with Crippen LogP contribution in [0.5, 0.6) is 0 Å². The summed E-state index contributed by atoms with van der Waals surface area (Å²) in [6, 6.07) is 5.89. The number of carbonyl (C=O) groups is 2. The summed E-state index contributed by atoms with van der Waals surface area (Å²) in [6.45, 7) is 6.34. The number of piperidine rings is 1. The summed E-state index contributed by atoms with van der Waals surface area (Å²) in [7, 11) is 3.41. The van der Waals surface area contributed by atoms with Crippen LogP contribution in [0.3, 0.4) is 0 Å². The Morgan fingerprint density at radius 2 is 1.96 bits per heavy atom. The van der Waals surface area contributed by atoms with Gasteiger partial charge in [-0.15, -0.1) is 0 Å². The standard InChI is InChI=1S/C19H29N3O3/c1-14-10-15(2)12-17(11-14)19(24)22-8-5-6-16(13-22)18(23)20-7-9-21(3)25-4/h10-12,16H,5-9,13H2,1-4H3,(H,20,23). The van der Waals surface area contributed by atoms with E-state index >= 15 is 0 Å². The molecule has 6 heteroatoms. The van der Waals surface area contributed by atoms with Crippen LogP contribution in [0.4, 0.5) is 0 Å². The molecule has 1 unspecified atom stereocenters. The third-order valence-electron chi connectivity index (χ3n) is 4.59. The number of hydrogen-bond acceptors (Lipinski definition) is 4. The lowest BCUT2D eigenvalue weighted by Crippen LogP contribution is -2.46. The Labute approximate surface area is 150 Å². The summed E-state index contributed by atoms with van der Waals surface area (Å²) in [4.78, 5) is 32.0. The maximum Gasteiger partial charge on any atom is 0.253 e.